The minimum atomic E-state index is 0.0910. The van der Waals surface area contributed by atoms with E-state index in [9.17, 15) is 4.79 Å². The lowest BCUT2D eigenvalue weighted by Gasteiger charge is -2.40. The van der Waals surface area contributed by atoms with Crippen LogP contribution in [-0.4, -0.2) is 17.3 Å². The van der Waals surface area contributed by atoms with Crippen molar-refractivity contribution in [2.45, 2.75) is 35.5 Å². The molecule has 2 aromatic rings. The highest BCUT2D eigenvalue weighted by Gasteiger charge is 2.54. The first-order valence-electron chi connectivity index (χ1n) is 8.28. The molecular formula is C18H19NO2S2. The molecule has 3 aliphatic rings. The topological polar surface area (TPSA) is 42.1 Å². The van der Waals surface area contributed by atoms with Crippen molar-refractivity contribution in [1.82, 2.24) is 4.98 Å². The predicted molar refractivity (Wildman–Crippen MR) is 93.7 cm³/mol. The van der Waals surface area contributed by atoms with Gasteiger partial charge in [0.15, 0.2) is 0 Å². The zero-order valence-corrected chi connectivity index (χ0v) is 14.6. The van der Waals surface area contributed by atoms with E-state index >= 15 is 0 Å². The van der Waals surface area contributed by atoms with Crippen LogP contribution in [0.3, 0.4) is 0 Å². The van der Waals surface area contributed by atoms with Crippen LogP contribution >= 0.6 is 23.1 Å². The van der Waals surface area contributed by atoms with Crippen molar-refractivity contribution in [3.63, 3.8) is 0 Å². The number of benzene rings is 1. The van der Waals surface area contributed by atoms with Gasteiger partial charge < -0.3 is 9.72 Å². The largest absolute Gasteiger partial charge is 0.497 e. The molecule has 5 heteroatoms. The van der Waals surface area contributed by atoms with E-state index in [0.717, 1.165) is 22.6 Å². The van der Waals surface area contributed by atoms with Crippen LogP contribution in [-0.2, 0) is 0 Å². The molecule has 1 aliphatic heterocycles. The molecule has 23 heavy (non-hydrogen) atoms. The fourth-order valence-electron chi connectivity index (χ4n) is 5.03. The highest BCUT2D eigenvalue weighted by atomic mass is 32.2. The molecule has 1 aromatic heterocycles. The fraction of sp³-hybridized carbons (Fsp3) is 0.500. The molecule has 0 amide bonds. The number of fused-ring (bicyclic) bond motifs is 6. The minimum Gasteiger partial charge on any atom is -0.497 e. The Morgan fingerprint density at radius 1 is 1.17 bits per heavy atom. The Morgan fingerprint density at radius 2 is 1.96 bits per heavy atom. The van der Waals surface area contributed by atoms with Gasteiger partial charge in [-0.25, -0.2) is 0 Å². The molecule has 2 saturated carbocycles. The van der Waals surface area contributed by atoms with Crippen LogP contribution in [0.1, 0.15) is 35.6 Å². The van der Waals surface area contributed by atoms with Gasteiger partial charge in [-0.2, -0.15) is 0 Å². The number of aromatic amines is 1. The second-order valence-corrected chi connectivity index (χ2v) is 9.15. The standard InChI is InChI=1S/C18H19NO2S2/c1-21-12-6-4-9(5-7-12)13-14-10-2-3-11(8-10)15(14)22-17-16(13)23-18(20)19-17/h4-7,10-11,13-15H,2-3,8H2,1H3,(H,19,20)/t10-,11-,13+,14-,15-/m0/s1. The van der Waals surface area contributed by atoms with Gasteiger partial charge in [0.1, 0.15) is 5.75 Å². The second-order valence-electron chi connectivity index (χ2n) is 6.95. The van der Waals surface area contributed by atoms with E-state index in [0.29, 0.717) is 17.1 Å². The van der Waals surface area contributed by atoms with E-state index in [4.69, 9.17) is 4.74 Å². The van der Waals surface area contributed by atoms with Crippen molar-refractivity contribution in [2.24, 2.45) is 17.8 Å². The van der Waals surface area contributed by atoms with Gasteiger partial charge >= 0.3 is 4.87 Å². The molecule has 0 unspecified atom stereocenters. The van der Waals surface area contributed by atoms with Gasteiger partial charge in [0, 0.05) is 16.0 Å². The lowest BCUT2D eigenvalue weighted by Crippen LogP contribution is -2.33. The lowest BCUT2D eigenvalue weighted by molar-refractivity contribution is 0.307. The first-order valence-corrected chi connectivity index (χ1v) is 9.98. The quantitative estimate of drug-likeness (QED) is 0.891. The number of hydrogen-bond donors (Lipinski definition) is 1. The van der Waals surface area contributed by atoms with Crippen molar-refractivity contribution in [3.8, 4) is 5.75 Å². The summed E-state index contributed by atoms with van der Waals surface area (Å²) < 4.78 is 5.31. The first-order chi connectivity index (χ1) is 11.2. The summed E-state index contributed by atoms with van der Waals surface area (Å²) in [5, 5.41) is 1.81. The van der Waals surface area contributed by atoms with Crippen molar-refractivity contribution in [2.75, 3.05) is 7.11 Å². The average Bonchev–Trinajstić information content (AvgIpc) is 3.26. The highest BCUT2D eigenvalue weighted by molar-refractivity contribution is 8.00. The molecule has 0 saturated heterocycles. The number of aromatic nitrogens is 1. The summed E-state index contributed by atoms with van der Waals surface area (Å²) in [6.45, 7) is 0. The Labute approximate surface area is 143 Å². The van der Waals surface area contributed by atoms with E-state index < -0.39 is 0 Å². The summed E-state index contributed by atoms with van der Waals surface area (Å²) in [6, 6.07) is 8.48. The molecule has 2 fully saturated rings. The summed E-state index contributed by atoms with van der Waals surface area (Å²) in [4.78, 5) is 16.4. The van der Waals surface area contributed by atoms with Gasteiger partial charge in [0.2, 0.25) is 0 Å². The number of rotatable bonds is 2. The monoisotopic (exact) mass is 345 g/mol. The van der Waals surface area contributed by atoms with Crippen molar-refractivity contribution in [3.05, 3.63) is 44.4 Å². The number of H-pyrrole nitrogens is 1. The summed E-state index contributed by atoms with van der Waals surface area (Å²) in [5.74, 6) is 3.63. The third-order valence-corrected chi connectivity index (χ3v) is 8.56. The van der Waals surface area contributed by atoms with E-state index in [2.05, 4.69) is 17.1 Å². The number of methoxy groups -OCH3 is 1. The minimum absolute atomic E-state index is 0.0910. The smallest absolute Gasteiger partial charge is 0.305 e. The van der Waals surface area contributed by atoms with Crippen LogP contribution in [0.25, 0.3) is 0 Å². The first kappa shape index (κ1) is 14.2. The van der Waals surface area contributed by atoms with E-state index in [-0.39, 0.29) is 4.87 Å². The Hall–Kier alpha value is -1.20. The average molecular weight is 345 g/mol. The van der Waals surface area contributed by atoms with Crippen LogP contribution in [0.15, 0.2) is 34.1 Å². The number of hydrogen-bond acceptors (Lipinski definition) is 4. The maximum absolute atomic E-state index is 12.0. The summed E-state index contributed by atoms with van der Waals surface area (Å²) >= 11 is 3.36. The maximum Gasteiger partial charge on any atom is 0.305 e. The Bertz CT molecular complexity index is 794. The summed E-state index contributed by atoms with van der Waals surface area (Å²) in [6.07, 6.45) is 4.12. The molecule has 3 nitrogen and oxygen atoms in total. The van der Waals surface area contributed by atoms with Gasteiger partial charge in [0.05, 0.1) is 12.1 Å². The zero-order chi connectivity index (χ0) is 15.6. The second kappa shape index (κ2) is 5.15. The maximum atomic E-state index is 12.0. The van der Waals surface area contributed by atoms with Crippen molar-refractivity contribution < 1.29 is 4.74 Å². The van der Waals surface area contributed by atoms with E-state index in [1.807, 2.05) is 23.9 Å². The van der Waals surface area contributed by atoms with Gasteiger partial charge in [-0.3, -0.25) is 4.79 Å². The van der Waals surface area contributed by atoms with Crippen LogP contribution in [0.2, 0.25) is 0 Å². The number of nitrogens with one attached hydrogen (secondary N) is 1. The normalized spacial score (nSPS) is 34.2. The molecular weight excluding hydrogens is 326 g/mol. The summed E-state index contributed by atoms with van der Waals surface area (Å²) in [7, 11) is 1.70. The Kier molecular flexibility index (Phi) is 3.17. The van der Waals surface area contributed by atoms with Gasteiger partial charge in [-0.05, 0) is 54.7 Å². The molecule has 2 bridgehead atoms. The molecule has 5 atom stereocenters. The van der Waals surface area contributed by atoms with Crippen LogP contribution in [0.4, 0.5) is 0 Å². The van der Waals surface area contributed by atoms with Crippen LogP contribution < -0.4 is 9.61 Å². The van der Waals surface area contributed by atoms with Gasteiger partial charge in [0.25, 0.3) is 0 Å². The van der Waals surface area contributed by atoms with E-state index in [1.54, 1.807) is 7.11 Å². The summed E-state index contributed by atoms with van der Waals surface area (Å²) in [5.41, 5.74) is 1.34. The highest BCUT2D eigenvalue weighted by Crippen LogP contribution is 2.63. The number of ether oxygens (including phenoxy) is 1. The molecule has 1 N–H and O–H groups in total. The van der Waals surface area contributed by atoms with Crippen LogP contribution in [0.5, 0.6) is 5.75 Å². The van der Waals surface area contributed by atoms with Gasteiger partial charge in [-0.15, -0.1) is 11.8 Å². The third-order valence-electron chi connectivity index (χ3n) is 5.94. The SMILES string of the molecule is COc1ccc([C@H]2c3sc(=O)[nH]c3S[C@H]3[C@H]4CC[C@@H](C4)[C@@H]23)cc1. The number of thioether (sulfide) groups is 1. The molecule has 2 aliphatic carbocycles. The molecule has 5 rings (SSSR count). The third kappa shape index (κ3) is 2.06. The number of thiazole rings is 1. The molecule has 1 aromatic carbocycles. The van der Waals surface area contributed by atoms with Crippen LogP contribution in [0, 0.1) is 17.8 Å². The predicted octanol–water partition coefficient (Wildman–Crippen LogP) is 4.10. The lowest BCUT2D eigenvalue weighted by atomic mass is 9.75. The zero-order valence-electron chi connectivity index (χ0n) is 13.0. The van der Waals surface area contributed by atoms with Crippen molar-refractivity contribution in [1.29, 1.82) is 0 Å². The van der Waals surface area contributed by atoms with Gasteiger partial charge in [-0.1, -0.05) is 23.5 Å². The molecule has 120 valence electrons. The molecule has 0 radical (unpaired) electrons. The molecule has 0 spiro atoms. The van der Waals surface area contributed by atoms with E-state index in [1.165, 1.54) is 41.0 Å². The fourth-order valence-corrected chi connectivity index (χ4v) is 7.93. The van der Waals surface area contributed by atoms with Crippen molar-refractivity contribution >= 4 is 23.1 Å². The Balaban J connectivity index is 1.64. The Morgan fingerprint density at radius 3 is 2.74 bits per heavy atom. The molecule has 2 heterocycles.